The Bertz CT molecular complexity index is 871. The van der Waals surface area contributed by atoms with Crippen LogP contribution >= 0.6 is 0 Å². The molecular weight excluding hydrogens is 600 g/mol. The number of aliphatic hydroxyl groups excluding tert-OH is 2. The number of ether oxygens (including phenoxy) is 2. The Morgan fingerprint density at radius 1 is 0.583 bits per heavy atom. The van der Waals surface area contributed by atoms with Gasteiger partial charge in [0.1, 0.15) is 6.61 Å². The van der Waals surface area contributed by atoms with Crippen molar-refractivity contribution in [2.75, 3.05) is 13.2 Å². The van der Waals surface area contributed by atoms with Gasteiger partial charge in [-0.2, -0.15) is 0 Å². The summed E-state index contributed by atoms with van der Waals surface area (Å²) in [6.45, 7) is 3.85. The van der Waals surface area contributed by atoms with Crippen molar-refractivity contribution >= 4 is 11.9 Å². The largest absolute Gasteiger partial charge is 0.462 e. The van der Waals surface area contributed by atoms with Gasteiger partial charge in [-0.25, -0.2) is 0 Å². The fourth-order valence-corrected chi connectivity index (χ4v) is 5.23. The Labute approximate surface area is 294 Å². The molecule has 276 valence electrons. The topological polar surface area (TPSA) is 93.1 Å². The van der Waals surface area contributed by atoms with E-state index in [-0.39, 0.29) is 19.0 Å². The molecule has 6 nitrogen and oxygen atoms in total. The number of carbonyl (C=O) groups is 2. The standard InChI is InChI=1S/C42H72O6/c1-3-5-7-9-11-13-15-17-18-19-21-23-25-27-29-31-35-42(46)48-40(37-43)38-47-41(45)36-32-34-39(44)33-30-28-26-24-22-20-16-14-12-10-8-6-4-2/h6,8,12,14,20,22,26,28,30,33,39-40,43-44H,3-5,7,9-11,13,15-19,21,23-25,27,29,31-32,34-38H2,1-2H3/b8-6-,14-12-,22-20-,28-26-,33-30+/t39?,40-/m0/s1. The van der Waals surface area contributed by atoms with Crippen LogP contribution in [0.5, 0.6) is 0 Å². The molecule has 0 bridgehead atoms. The fourth-order valence-electron chi connectivity index (χ4n) is 5.23. The van der Waals surface area contributed by atoms with Crippen molar-refractivity contribution in [3.8, 4) is 0 Å². The summed E-state index contributed by atoms with van der Waals surface area (Å²) in [4.78, 5) is 24.3. The average molecular weight is 673 g/mol. The maximum Gasteiger partial charge on any atom is 0.306 e. The molecule has 6 heteroatoms. The molecule has 48 heavy (non-hydrogen) atoms. The fraction of sp³-hybridized carbons (Fsp3) is 0.714. The van der Waals surface area contributed by atoms with Gasteiger partial charge in [0.05, 0.1) is 12.7 Å². The van der Waals surface area contributed by atoms with Gasteiger partial charge in [0.15, 0.2) is 6.10 Å². The minimum atomic E-state index is -0.845. The maximum absolute atomic E-state index is 12.2. The third-order valence-corrected chi connectivity index (χ3v) is 8.18. The number of rotatable bonds is 34. The van der Waals surface area contributed by atoms with Crippen molar-refractivity contribution in [3.63, 3.8) is 0 Å². The first-order chi connectivity index (χ1) is 23.5. The highest BCUT2D eigenvalue weighted by Gasteiger charge is 2.16. The number of hydrogen-bond donors (Lipinski definition) is 2. The number of unbranched alkanes of at least 4 members (excludes halogenated alkanes) is 15. The van der Waals surface area contributed by atoms with E-state index in [4.69, 9.17) is 9.47 Å². The first-order valence-electron chi connectivity index (χ1n) is 19.5. The van der Waals surface area contributed by atoms with Crippen LogP contribution in [0.4, 0.5) is 0 Å². The van der Waals surface area contributed by atoms with Crippen LogP contribution in [-0.2, 0) is 19.1 Å². The van der Waals surface area contributed by atoms with Crippen LogP contribution in [0.1, 0.15) is 168 Å². The van der Waals surface area contributed by atoms with Crippen molar-refractivity contribution < 1.29 is 29.3 Å². The van der Waals surface area contributed by atoms with E-state index in [1.807, 2.05) is 18.2 Å². The third kappa shape index (κ3) is 34.9. The van der Waals surface area contributed by atoms with Crippen molar-refractivity contribution in [1.29, 1.82) is 0 Å². The molecule has 0 aromatic carbocycles. The van der Waals surface area contributed by atoms with Crippen molar-refractivity contribution in [1.82, 2.24) is 0 Å². The van der Waals surface area contributed by atoms with Crippen molar-refractivity contribution in [3.05, 3.63) is 60.8 Å². The Morgan fingerprint density at radius 3 is 1.58 bits per heavy atom. The molecule has 0 aromatic heterocycles. The molecule has 0 rings (SSSR count). The van der Waals surface area contributed by atoms with Crippen LogP contribution in [0.2, 0.25) is 0 Å². The van der Waals surface area contributed by atoms with E-state index in [1.165, 1.54) is 83.5 Å². The Morgan fingerprint density at radius 2 is 1.06 bits per heavy atom. The van der Waals surface area contributed by atoms with E-state index in [0.717, 1.165) is 44.9 Å². The molecule has 0 spiro atoms. The summed E-state index contributed by atoms with van der Waals surface area (Å²) in [5.74, 6) is -0.795. The normalized spacial score (nSPS) is 13.5. The second kappa shape index (κ2) is 37.4. The molecule has 0 aliphatic heterocycles. The van der Waals surface area contributed by atoms with Crippen molar-refractivity contribution in [2.24, 2.45) is 0 Å². The van der Waals surface area contributed by atoms with Gasteiger partial charge in [-0.1, -0.05) is 171 Å². The first kappa shape index (κ1) is 45.6. The van der Waals surface area contributed by atoms with Gasteiger partial charge in [-0.15, -0.1) is 0 Å². The first-order valence-corrected chi connectivity index (χ1v) is 19.5. The molecule has 0 aliphatic carbocycles. The van der Waals surface area contributed by atoms with Crippen LogP contribution in [0.25, 0.3) is 0 Å². The van der Waals surface area contributed by atoms with E-state index in [1.54, 1.807) is 6.08 Å². The molecule has 0 amide bonds. The number of allylic oxidation sites excluding steroid dienone is 9. The van der Waals surface area contributed by atoms with E-state index < -0.39 is 24.8 Å². The molecule has 0 saturated heterocycles. The molecule has 2 N–H and O–H groups in total. The highest BCUT2D eigenvalue weighted by atomic mass is 16.6. The predicted molar refractivity (Wildman–Crippen MR) is 202 cm³/mol. The van der Waals surface area contributed by atoms with Gasteiger partial charge < -0.3 is 19.7 Å². The highest BCUT2D eigenvalue weighted by molar-refractivity contribution is 5.70. The second-order valence-corrected chi connectivity index (χ2v) is 12.8. The molecular formula is C42H72O6. The third-order valence-electron chi connectivity index (χ3n) is 8.18. The van der Waals surface area contributed by atoms with Crippen LogP contribution in [0, 0.1) is 0 Å². The summed E-state index contributed by atoms with van der Waals surface area (Å²) in [6, 6.07) is 0. The summed E-state index contributed by atoms with van der Waals surface area (Å²) in [7, 11) is 0. The van der Waals surface area contributed by atoms with Crippen LogP contribution in [0.3, 0.4) is 0 Å². The summed E-state index contributed by atoms with van der Waals surface area (Å²) in [5.41, 5.74) is 0. The number of aliphatic hydroxyl groups is 2. The summed E-state index contributed by atoms with van der Waals surface area (Å²) in [5, 5.41) is 19.7. The summed E-state index contributed by atoms with van der Waals surface area (Å²) >= 11 is 0. The van der Waals surface area contributed by atoms with Crippen molar-refractivity contribution in [2.45, 2.75) is 180 Å². The zero-order valence-corrected chi connectivity index (χ0v) is 30.8. The van der Waals surface area contributed by atoms with E-state index in [9.17, 15) is 19.8 Å². The van der Waals surface area contributed by atoms with Gasteiger partial charge in [0, 0.05) is 12.8 Å². The molecule has 1 unspecified atom stereocenters. The second-order valence-electron chi connectivity index (χ2n) is 12.8. The minimum Gasteiger partial charge on any atom is -0.462 e. The quantitative estimate of drug-likeness (QED) is 0.0306. The highest BCUT2D eigenvalue weighted by Crippen LogP contribution is 2.14. The lowest BCUT2D eigenvalue weighted by Crippen LogP contribution is -2.28. The molecule has 0 radical (unpaired) electrons. The molecule has 0 saturated carbocycles. The average Bonchev–Trinajstić information content (AvgIpc) is 3.08. The van der Waals surface area contributed by atoms with E-state index >= 15 is 0 Å². The lowest BCUT2D eigenvalue weighted by molar-refractivity contribution is -0.161. The Hall–Kier alpha value is -2.44. The zero-order valence-electron chi connectivity index (χ0n) is 30.8. The smallest absolute Gasteiger partial charge is 0.306 e. The van der Waals surface area contributed by atoms with E-state index in [0.29, 0.717) is 19.3 Å². The van der Waals surface area contributed by atoms with Gasteiger partial charge in [0.25, 0.3) is 0 Å². The number of esters is 2. The molecule has 0 aromatic rings. The summed E-state index contributed by atoms with van der Waals surface area (Å²) in [6.07, 6.45) is 44.5. The van der Waals surface area contributed by atoms with Crippen LogP contribution in [0.15, 0.2) is 60.8 Å². The molecule has 0 heterocycles. The van der Waals surface area contributed by atoms with Gasteiger partial charge >= 0.3 is 11.9 Å². The molecule has 0 aliphatic rings. The molecule has 2 atom stereocenters. The summed E-state index contributed by atoms with van der Waals surface area (Å²) < 4.78 is 10.5. The predicted octanol–water partition coefficient (Wildman–Crippen LogP) is 11.0. The lowest BCUT2D eigenvalue weighted by Gasteiger charge is -2.16. The Balaban J connectivity index is 3.76. The van der Waals surface area contributed by atoms with Crippen LogP contribution < -0.4 is 0 Å². The van der Waals surface area contributed by atoms with Gasteiger partial charge in [-0.05, 0) is 44.9 Å². The molecule has 0 fully saturated rings. The van der Waals surface area contributed by atoms with Gasteiger partial charge in [-0.3, -0.25) is 9.59 Å². The van der Waals surface area contributed by atoms with E-state index in [2.05, 4.69) is 50.3 Å². The Kier molecular flexibility index (Phi) is 35.5. The number of hydrogen-bond acceptors (Lipinski definition) is 6. The van der Waals surface area contributed by atoms with Gasteiger partial charge in [0.2, 0.25) is 0 Å². The monoisotopic (exact) mass is 673 g/mol. The number of carbonyl (C=O) groups excluding carboxylic acids is 2. The van der Waals surface area contributed by atoms with Crippen LogP contribution in [-0.4, -0.2) is 47.6 Å². The maximum atomic E-state index is 12.2. The SMILES string of the molecule is CC/C=C\C/C=C\C/C=C\C/C=C\C=C\C(O)CCCC(=O)OC[C@H](CO)OC(=O)CCCCCCCCCCCCCCCCCC. The lowest BCUT2D eigenvalue weighted by atomic mass is 10.0. The minimum absolute atomic E-state index is 0.153. The zero-order chi connectivity index (χ0) is 35.2.